The van der Waals surface area contributed by atoms with E-state index in [1.165, 1.54) is 0 Å². The van der Waals surface area contributed by atoms with Crippen LogP contribution in [0.5, 0.6) is 0 Å². The number of carbonyl (C=O) groups is 2. The highest BCUT2D eigenvalue weighted by Gasteiger charge is 2.41. The van der Waals surface area contributed by atoms with Crippen molar-refractivity contribution in [3.63, 3.8) is 0 Å². The summed E-state index contributed by atoms with van der Waals surface area (Å²) in [6.07, 6.45) is 0.526. The predicted molar refractivity (Wildman–Crippen MR) is 46.7 cm³/mol. The maximum atomic E-state index is 11.0. The van der Waals surface area contributed by atoms with E-state index >= 15 is 0 Å². The minimum atomic E-state index is -0.299. The molecule has 0 unspecified atom stereocenters. The van der Waals surface area contributed by atoms with Gasteiger partial charge in [-0.25, -0.2) is 0 Å². The molecule has 2 aliphatic heterocycles. The molecule has 2 atom stereocenters. The molecule has 2 fully saturated rings. The number of esters is 2. The Morgan fingerprint density at radius 3 is 1.50 bits per heavy atom. The minimum absolute atomic E-state index is 0.151. The van der Waals surface area contributed by atoms with Crippen molar-refractivity contribution in [2.24, 2.45) is 11.8 Å². The van der Waals surface area contributed by atoms with Crippen LogP contribution in [0.3, 0.4) is 0 Å². The van der Waals surface area contributed by atoms with E-state index in [-0.39, 0.29) is 36.6 Å². The van der Waals surface area contributed by atoms with Gasteiger partial charge in [-0.3, -0.25) is 9.59 Å². The molecule has 0 aliphatic carbocycles. The van der Waals surface area contributed by atoms with Gasteiger partial charge >= 0.3 is 11.9 Å². The summed E-state index contributed by atoms with van der Waals surface area (Å²) in [5.41, 5.74) is 0. The van der Waals surface area contributed by atoms with E-state index in [1.807, 2.05) is 0 Å². The molecular formula is C10H10O4. The topological polar surface area (TPSA) is 52.6 Å². The van der Waals surface area contributed by atoms with Crippen LogP contribution in [0, 0.1) is 11.8 Å². The van der Waals surface area contributed by atoms with Crippen molar-refractivity contribution in [2.75, 3.05) is 0 Å². The number of hydrogen-bond donors (Lipinski definition) is 0. The fourth-order valence-corrected chi connectivity index (χ4v) is 1.85. The monoisotopic (exact) mass is 194 g/mol. The minimum Gasteiger partial charge on any atom is -0.431 e. The third kappa shape index (κ3) is 1.32. The SMILES string of the molecule is C=C1OC(=O)C[C@H]1[C@H]1CC(=O)OC1=C. The Labute approximate surface area is 81.2 Å². The van der Waals surface area contributed by atoms with E-state index in [1.54, 1.807) is 0 Å². The second-order valence-electron chi connectivity index (χ2n) is 3.50. The number of hydrogen-bond acceptors (Lipinski definition) is 4. The first-order valence-corrected chi connectivity index (χ1v) is 4.37. The van der Waals surface area contributed by atoms with Crippen molar-refractivity contribution in [1.82, 2.24) is 0 Å². The van der Waals surface area contributed by atoms with Crippen molar-refractivity contribution in [3.05, 3.63) is 24.7 Å². The van der Waals surface area contributed by atoms with E-state index < -0.39 is 0 Å². The summed E-state index contributed by atoms with van der Waals surface area (Å²) in [7, 11) is 0. The highest BCUT2D eigenvalue weighted by atomic mass is 16.6. The van der Waals surface area contributed by atoms with E-state index in [9.17, 15) is 9.59 Å². The zero-order chi connectivity index (χ0) is 10.3. The second kappa shape index (κ2) is 2.97. The number of cyclic esters (lactones) is 2. The first-order chi connectivity index (χ1) is 6.58. The molecule has 74 valence electrons. The molecule has 0 saturated carbocycles. The van der Waals surface area contributed by atoms with E-state index in [0.717, 1.165) is 0 Å². The predicted octanol–water partition coefficient (Wildman–Crippen LogP) is 1.14. The molecule has 0 spiro atoms. The quantitative estimate of drug-likeness (QED) is 0.587. The summed E-state index contributed by atoms with van der Waals surface area (Å²) >= 11 is 0. The highest BCUT2D eigenvalue weighted by molar-refractivity contribution is 5.77. The lowest BCUT2D eigenvalue weighted by molar-refractivity contribution is -0.136. The lowest BCUT2D eigenvalue weighted by atomic mass is 9.87. The van der Waals surface area contributed by atoms with Gasteiger partial charge in [-0.1, -0.05) is 13.2 Å². The van der Waals surface area contributed by atoms with Crippen molar-refractivity contribution in [2.45, 2.75) is 12.8 Å². The molecule has 0 aromatic rings. The van der Waals surface area contributed by atoms with Gasteiger partial charge in [-0.15, -0.1) is 0 Å². The Morgan fingerprint density at radius 1 is 0.929 bits per heavy atom. The number of carbonyl (C=O) groups excluding carboxylic acids is 2. The van der Waals surface area contributed by atoms with Gasteiger partial charge in [0.1, 0.15) is 11.5 Å². The lowest BCUT2D eigenvalue weighted by Gasteiger charge is -2.13. The van der Waals surface area contributed by atoms with Gasteiger partial charge in [-0.2, -0.15) is 0 Å². The van der Waals surface area contributed by atoms with E-state index in [0.29, 0.717) is 11.5 Å². The van der Waals surface area contributed by atoms with Gasteiger partial charge in [-0.05, 0) is 0 Å². The number of rotatable bonds is 1. The molecule has 0 amide bonds. The van der Waals surface area contributed by atoms with Crippen LogP contribution >= 0.6 is 0 Å². The summed E-state index contributed by atoms with van der Waals surface area (Å²) < 4.78 is 9.66. The maximum absolute atomic E-state index is 11.0. The molecular weight excluding hydrogens is 184 g/mol. The van der Waals surface area contributed by atoms with E-state index in [4.69, 9.17) is 9.47 Å². The third-order valence-electron chi connectivity index (χ3n) is 2.58. The van der Waals surface area contributed by atoms with Gasteiger partial charge in [0.2, 0.25) is 0 Å². The zero-order valence-electron chi connectivity index (χ0n) is 7.62. The Bertz CT molecular complexity index is 308. The van der Waals surface area contributed by atoms with Gasteiger partial charge in [0.15, 0.2) is 0 Å². The summed E-state index contributed by atoms with van der Waals surface area (Å²) in [4.78, 5) is 21.9. The molecule has 0 radical (unpaired) electrons. The number of ether oxygens (including phenoxy) is 2. The van der Waals surface area contributed by atoms with Crippen molar-refractivity contribution >= 4 is 11.9 Å². The lowest BCUT2D eigenvalue weighted by Crippen LogP contribution is -2.11. The summed E-state index contributed by atoms with van der Waals surface area (Å²) in [6.45, 7) is 7.28. The largest absolute Gasteiger partial charge is 0.431 e. The van der Waals surface area contributed by atoms with Gasteiger partial charge < -0.3 is 9.47 Å². The molecule has 0 bridgehead atoms. The Kier molecular flexibility index (Phi) is 1.91. The normalized spacial score (nSPS) is 32.0. The summed E-state index contributed by atoms with van der Waals surface area (Å²) in [5.74, 6) is -0.0684. The Hall–Kier alpha value is -1.58. The fourth-order valence-electron chi connectivity index (χ4n) is 1.85. The molecule has 14 heavy (non-hydrogen) atoms. The molecule has 0 aromatic carbocycles. The average molecular weight is 194 g/mol. The van der Waals surface area contributed by atoms with Crippen LogP contribution in [0.25, 0.3) is 0 Å². The Balaban J connectivity index is 2.16. The average Bonchev–Trinajstić information content (AvgIpc) is 2.55. The van der Waals surface area contributed by atoms with Gasteiger partial charge in [0, 0.05) is 11.8 Å². The molecule has 2 heterocycles. The zero-order valence-corrected chi connectivity index (χ0v) is 7.62. The molecule has 0 N–H and O–H groups in total. The third-order valence-corrected chi connectivity index (χ3v) is 2.58. The summed E-state index contributed by atoms with van der Waals surface area (Å²) in [5, 5.41) is 0. The van der Waals surface area contributed by atoms with Crippen LogP contribution in [-0.2, 0) is 19.1 Å². The standard InChI is InChI=1S/C10H10O4/c1-5-7(3-9(11)13-5)8-4-10(12)14-6(8)2/h7-8H,1-4H2/t7-,8+. The van der Waals surface area contributed by atoms with Crippen molar-refractivity contribution in [1.29, 1.82) is 0 Å². The van der Waals surface area contributed by atoms with E-state index in [2.05, 4.69) is 13.2 Å². The van der Waals surface area contributed by atoms with Crippen LogP contribution in [-0.4, -0.2) is 11.9 Å². The summed E-state index contributed by atoms with van der Waals surface area (Å²) in [6, 6.07) is 0. The second-order valence-corrected chi connectivity index (χ2v) is 3.50. The molecule has 2 aliphatic rings. The van der Waals surface area contributed by atoms with Gasteiger partial charge in [0.05, 0.1) is 12.8 Å². The molecule has 2 saturated heterocycles. The first kappa shape index (κ1) is 8.99. The molecule has 2 rings (SSSR count). The highest BCUT2D eigenvalue weighted by Crippen LogP contribution is 2.40. The smallest absolute Gasteiger partial charge is 0.311 e. The molecule has 0 aromatic heterocycles. The van der Waals surface area contributed by atoms with Crippen LogP contribution < -0.4 is 0 Å². The van der Waals surface area contributed by atoms with Crippen LogP contribution in [0.1, 0.15) is 12.8 Å². The maximum Gasteiger partial charge on any atom is 0.311 e. The van der Waals surface area contributed by atoms with Crippen LogP contribution in [0.15, 0.2) is 24.7 Å². The Morgan fingerprint density at radius 2 is 1.29 bits per heavy atom. The molecule has 4 heteroatoms. The first-order valence-electron chi connectivity index (χ1n) is 4.37. The van der Waals surface area contributed by atoms with Crippen molar-refractivity contribution in [3.8, 4) is 0 Å². The fraction of sp³-hybridized carbons (Fsp3) is 0.400. The van der Waals surface area contributed by atoms with Crippen LogP contribution in [0.2, 0.25) is 0 Å². The molecule has 4 nitrogen and oxygen atoms in total. The van der Waals surface area contributed by atoms with Gasteiger partial charge in [0.25, 0.3) is 0 Å². The van der Waals surface area contributed by atoms with Crippen molar-refractivity contribution < 1.29 is 19.1 Å². The number of allylic oxidation sites excluding steroid dienone is 2. The van der Waals surface area contributed by atoms with Crippen LogP contribution in [0.4, 0.5) is 0 Å².